The van der Waals surface area contributed by atoms with Crippen LogP contribution in [0, 0.1) is 0 Å². The van der Waals surface area contributed by atoms with Crippen LogP contribution in [0.3, 0.4) is 0 Å². The molecule has 6 heterocycles. The maximum atomic E-state index is 4.47. The van der Waals surface area contributed by atoms with Gasteiger partial charge >= 0.3 is 0 Å². The van der Waals surface area contributed by atoms with E-state index in [1.807, 2.05) is 5.38 Å². The molecule has 0 saturated carbocycles. The molecule has 0 aliphatic heterocycles. The van der Waals surface area contributed by atoms with Crippen LogP contribution in [0.2, 0.25) is 0 Å². The fraction of sp³-hybridized carbons (Fsp3) is 0. The lowest BCUT2D eigenvalue weighted by Crippen LogP contribution is -1.53. The third-order valence-electron chi connectivity index (χ3n) is 2.00. The standard InChI is InChI=1S/C3H4N2.C3H3NO.C3H3NS.C2H3N3.C2H2N2O.C2H2N2S/c3*1-2-5-3-4-1;1-3-2-5-4-1;2*1-3-4-2-5-1/h1-3H,(H,4,5);2*1-3H;1-2H,(H,3,4,5);2*1-2H. The molecule has 6 rings (SSSR count). The quantitative estimate of drug-likeness (QED) is 0.350. The summed E-state index contributed by atoms with van der Waals surface area (Å²) >= 11 is 3.09. The highest BCUT2D eigenvalue weighted by Crippen LogP contribution is 1.86. The lowest BCUT2D eigenvalue weighted by Gasteiger charge is -1.47. The Kier molecular flexibility index (Phi) is 16.9. The Bertz CT molecular complexity index is 589. The number of hydrogen-bond acceptors (Lipinski definition) is 13. The Morgan fingerprint density at radius 3 is 1.73 bits per heavy atom. The highest BCUT2D eigenvalue weighted by molar-refractivity contribution is 7.07. The van der Waals surface area contributed by atoms with Gasteiger partial charge in [-0.3, -0.25) is 10.1 Å². The van der Waals surface area contributed by atoms with Crippen molar-refractivity contribution in [1.82, 2.24) is 55.5 Å². The molecule has 15 heteroatoms. The van der Waals surface area contributed by atoms with E-state index in [2.05, 4.69) is 64.3 Å². The minimum absolute atomic E-state index is 1.26. The molecule has 0 bridgehead atoms. The Balaban J connectivity index is 0.000000180. The SMILES string of the molecule is c1c[nH]cn1.c1cocn1.c1cscn1.c1nc[nH]n1.c1nnco1.c1nncs1. The summed E-state index contributed by atoms with van der Waals surface area (Å²) in [6, 6.07) is 0. The van der Waals surface area contributed by atoms with Gasteiger partial charge in [0.15, 0.2) is 6.39 Å². The number of aromatic nitrogens is 11. The number of imidazole rings is 1. The number of aromatic amines is 2. The monoisotopic (exact) mass is 447 g/mol. The van der Waals surface area contributed by atoms with Crippen LogP contribution in [0.25, 0.3) is 0 Å². The molecule has 0 aliphatic carbocycles. The van der Waals surface area contributed by atoms with E-state index in [0.29, 0.717) is 0 Å². The van der Waals surface area contributed by atoms with E-state index >= 15 is 0 Å². The predicted molar refractivity (Wildman–Crippen MR) is 108 cm³/mol. The van der Waals surface area contributed by atoms with Gasteiger partial charge in [-0.15, -0.1) is 43.1 Å². The lowest BCUT2D eigenvalue weighted by molar-refractivity contribution is 0.553. The summed E-state index contributed by atoms with van der Waals surface area (Å²) in [5, 5.41) is 21.5. The van der Waals surface area contributed by atoms with Crippen molar-refractivity contribution < 1.29 is 8.83 Å². The molecule has 0 saturated heterocycles. The van der Waals surface area contributed by atoms with Crippen LogP contribution in [0.5, 0.6) is 0 Å². The van der Waals surface area contributed by atoms with Crippen molar-refractivity contribution in [3.63, 3.8) is 0 Å². The van der Waals surface area contributed by atoms with Crippen LogP contribution in [-0.4, -0.2) is 55.5 Å². The van der Waals surface area contributed by atoms with E-state index in [-0.39, 0.29) is 0 Å². The zero-order chi connectivity index (χ0) is 21.2. The molecule has 156 valence electrons. The van der Waals surface area contributed by atoms with Gasteiger partial charge in [-0.25, -0.2) is 15.0 Å². The molecule has 30 heavy (non-hydrogen) atoms. The fourth-order valence-electron chi connectivity index (χ4n) is 1.01. The van der Waals surface area contributed by atoms with Crippen LogP contribution in [0.4, 0.5) is 0 Å². The molecule has 2 N–H and O–H groups in total. The number of nitrogens with zero attached hydrogens (tertiary/aromatic N) is 9. The Morgan fingerprint density at radius 1 is 0.667 bits per heavy atom. The van der Waals surface area contributed by atoms with Gasteiger partial charge in [-0.05, 0) is 0 Å². The third-order valence-corrected chi connectivity index (χ3v) is 2.95. The van der Waals surface area contributed by atoms with Crippen LogP contribution in [0.1, 0.15) is 0 Å². The molecule has 13 nitrogen and oxygen atoms in total. The number of oxazole rings is 1. The summed E-state index contributed by atoms with van der Waals surface area (Å²) in [7, 11) is 0. The summed E-state index contributed by atoms with van der Waals surface area (Å²) < 4.78 is 8.83. The molecule has 0 amide bonds. The van der Waals surface area contributed by atoms with Gasteiger partial charge in [0.2, 0.25) is 12.8 Å². The summed E-state index contributed by atoms with van der Waals surface area (Å²) in [5.41, 5.74) is 5.15. The van der Waals surface area contributed by atoms with E-state index in [1.165, 1.54) is 49.4 Å². The van der Waals surface area contributed by atoms with Gasteiger partial charge in [0, 0.05) is 24.0 Å². The lowest BCUT2D eigenvalue weighted by atomic mass is 11.0. The minimum Gasteiger partial charge on any atom is -0.452 e. The molecular formula is C15H17N11O2S2. The first-order valence-electron chi connectivity index (χ1n) is 7.73. The molecule has 0 radical (unpaired) electrons. The Morgan fingerprint density at radius 2 is 1.53 bits per heavy atom. The average Bonchev–Trinajstić information content (AvgIpc) is 3.69. The van der Waals surface area contributed by atoms with Crippen LogP contribution in [0.15, 0.2) is 100.0 Å². The number of H-pyrrole nitrogens is 2. The second-order valence-electron chi connectivity index (χ2n) is 3.92. The Labute approximate surface area is 178 Å². The largest absolute Gasteiger partial charge is 0.452 e. The molecule has 0 aromatic carbocycles. The van der Waals surface area contributed by atoms with E-state index in [0.717, 1.165) is 0 Å². The molecule has 6 aromatic heterocycles. The summed E-state index contributed by atoms with van der Waals surface area (Å²) in [5.74, 6) is 0. The van der Waals surface area contributed by atoms with Gasteiger partial charge in [-0.2, -0.15) is 5.10 Å². The van der Waals surface area contributed by atoms with Gasteiger partial charge < -0.3 is 13.8 Å². The van der Waals surface area contributed by atoms with Crippen LogP contribution < -0.4 is 0 Å². The third kappa shape index (κ3) is 18.7. The molecule has 0 aliphatic rings. The van der Waals surface area contributed by atoms with Gasteiger partial charge in [0.25, 0.3) is 0 Å². The molecule has 0 fully saturated rings. The Hall–Kier alpha value is -4.11. The zero-order valence-electron chi connectivity index (χ0n) is 15.3. The fourth-order valence-corrected chi connectivity index (χ4v) is 1.63. The van der Waals surface area contributed by atoms with Crippen molar-refractivity contribution in [3.8, 4) is 0 Å². The molecular weight excluding hydrogens is 430 g/mol. The highest BCUT2D eigenvalue weighted by atomic mass is 32.1. The van der Waals surface area contributed by atoms with Crippen molar-refractivity contribution in [2.24, 2.45) is 0 Å². The van der Waals surface area contributed by atoms with E-state index in [4.69, 9.17) is 0 Å². The smallest absolute Gasteiger partial charge is 0.203 e. The van der Waals surface area contributed by atoms with Crippen molar-refractivity contribution in [1.29, 1.82) is 0 Å². The second kappa shape index (κ2) is 21.2. The first-order valence-corrected chi connectivity index (χ1v) is 9.62. The van der Waals surface area contributed by atoms with Gasteiger partial charge in [-0.1, -0.05) is 0 Å². The second-order valence-corrected chi connectivity index (χ2v) is 5.37. The first kappa shape index (κ1) is 23.9. The zero-order valence-corrected chi connectivity index (χ0v) is 17.0. The number of rotatable bonds is 0. The van der Waals surface area contributed by atoms with Gasteiger partial charge in [0.1, 0.15) is 29.9 Å². The van der Waals surface area contributed by atoms with E-state index in [9.17, 15) is 0 Å². The molecule has 6 aromatic rings. The first-order chi connectivity index (χ1) is 15.0. The van der Waals surface area contributed by atoms with Crippen molar-refractivity contribution in [2.75, 3.05) is 0 Å². The summed E-state index contributed by atoms with van der Waals surface area (Å²) in [6.07, 6.45) is 16.8. The van der Waals surface area contributed by atoms with E-state index < -0.39 is 0 Å². The van der Waals surface area contributed by atoms with Crippen molar-refractivity contribution >= 4 is 22.7 Å². The number of nitrogens with one attached hydrogen (secondary N) is 2. The van der Waals surface area contributed by atoms with Gasteiger partial charge in [0.05, 0.1) is 18.0 Å². The molecule has 0 spiro atoms. The average molecular weight is 448 g/mol. The number of thiazole rings is 1. The highest BCUT2D eigenvalue weighted by Gasteiger charge is 1.62. The maximum absolute atomic E-state index is 4.47. The normalized spacial score (nSPS) is 8.00. The molecule has 0 unspecified atom stereocenters. The predicted octanol–water partition coefficient (Wildman–Crippen LogP) is 2.64. The van der Waals surface area contributed by atoms with Crippen LogP contribution in [-0.2, 0) is 0 Å². The molecule has 0 atom stereocenters. The summed E-state index contributed by atoms with van der Waals surface area (Å²) in [4.78, 5) is 17.3. The van der Waals surface area contributed by atoms with Crippen LogP contribution >= 0.6 is 22.7 Å². The van der Waals surface area contributed by atoms with Crippen molar-refractivity contribution in [2.45, 2.75) is 0 Å². The number of hydrogen-bond donors (Lipinski definition) is 2. The van der Waals surface area contributed by atoms with E-state index in [1.54, 1.807) is 59.0 Å². The minimum atomic E-state index is 1.26. The topological polar surface area (TPSA) is 174 Å². The summed E-state index contributed by atoms with van der Waals surface area (Å²) in [6.45, 7) is 0. The van der Waals surface area contributed by atoms with Crippen molar-refractivity contribution in [3.05, 3.63) is 91.1 Å². The maximum Gasteiger partial charge on any atom is 0.203 e.